The van der Waals surface area contributed by atoms with Gasteiger partial charge in [0.15, 0.2) is 0 Å². The van der Waals surface area contributed by atoms with E-state index in [9.17, 15) is 9.50 Å². The molecule has 1 aromatic heterocycles. The number of aromatic nitrogens is 1. The predicted octanol–water partition coefficient (Wildman–Crippen LogP) is 3.63. The van der Waals surface area contributed by atoms with Crippen molar-refractivity contribution in [3.8, 4) is 10.6 Å². The normalized spacial score (nSPS) is 18.7. The molecule has 1 aliphatic carbocycles. The molecule has 18 heavy (non-hydrogen) atoms. The minimum absolute atomic E-state index is 0.207. The lowest BCUT2D eigenvalue weighted by atomic mass is 10.0. The summed E-state index contributed by atoms with van der Waals surface area (Å²) in [5.41, 5.74) is 2.23. The molecule has 2 nitrogen and oxygen atoms in total. The van der Waals surface area contributed by atoms with Gasteiger partial charge in [-0.3, -0.25) is 0 Å². The molecule has 0 spiro atoms. The lowest BCUT2D eigenvalue weighted by molar-refractivity contribution is 0.153. The maximum atomic E-state index is 13.6. The molecule has 0 fully saturated rings. The fourth-order valence-corrected chi connectivity index (χ4v) is 3.40. The Kier molecular flexibility index (Phi) is 2.92. The van der Waals surface area contributed by atoms with E-state index >= 15 is 0 Å². The summed E-state index contributed by atoms with van der Waals surface area (Å²) in [4.78, 5) is 5.62. The third-order valence-electron chi connectivity index (χ3n) is 3.34. The lowest BCUT2D eigenvalue weighted by Gasteiger charge is -2.14. The van der Waals surface area contributed by atoms with Crippen LogP contribution in [0.3, 0.4) is 0 Å². The number of aliphatic hydroxyl groups excluding tert-OH is 1. The van der Waals surface area contributed by atoms with Gasteiger partial charge in [0.05, 0.1) is 11.8 Å². The van der Waals surface area contributed by atoms with E-state index in [1.165, 1.54) is 6.07 Å². The average Bonchev–Trinajstić information content (AvgIpc) is 2.78. The van der Waals surface area contributed by atoms with Crippen LogP contribution in [0, 0.1) is 12.7 Å². The maximum absolute atomic E-state index is 13.6. The van der Waals surface area contributed by atoms with Crippen molar-refractivity contribution in [2.45, 2.75) is 32.3 Å². The largest absolute Gasteiger partial charge is 0.387 e. The predicted molar refractivity (Wildman–Crippen MR) is 70.1 cm³/mol. The van der Waals surface area contributed by atoms with Gasteiger partial charge in [0.1, 0.15) is 10.8 Å². The van der Waals surface area contributed by atoms with Crippen LogP contribution in [0.2, 0.25) is 0 Å². The number of nitrogens with zero attached hydrogens (tertiary/aromatic N) is 1. The summed E-state index contributed by atoms with van der Waals surface area (Å²) in [5.74, 6) is -0.207. The van der Waals surface area contributed by atoms with Crippen molar-refractivity contribution >= 4 is 11.3 Å². The van der Waals surface area contributed by atoms with Gasteiger partial charge in [-0.05, 0) is 37.8 Å². The summed E-state index contributed by atoms with van der Waals surface area (Å²) in [7, 11) is 0. The van der Waals surface area contributed by atoms with Crippen LogP contribution < -0.4 is 0 Å². The van der Waals surface area contributed by atoms with Crippen LogP contribution in [0.5, 0.6) is 0 Å². The van der Waals surface area contributed by atoms with Crippen molar-refractivity contribution in [3.63, 3.8) is 0 Å². The van der Waals surface area contributed by atoms with Gasteiger partial charge in [0, 0.05) is 10.4 Å². The highest BCUT2D eigenvalue weighted by Crippen LogP contribution is 2.37. The van der Waals surface area contributed by atoms with Crippen molar-refractivity contribution in [1.82, 2.24) is 4.98 Å². The fourth-order valence-electron chi connectivity index (χ4n) is 2.25. The molecule has 0 radical (unpaired) electrons. The van der Waals surface area contributed by atoms with Gasteiger partial charge in [-0.2, -0.15) is 0 Å². The third-order valence-corrected chi connectivity index (χ3v) is 4.52. The van der Waals surface area contributed by atoms with Crippen molar-refractivity contribution in [1.29, 1.82) is 0 Å². The summed E-state index contributed by atoms with van der Waals surface area (Å²) in [6.07, 6.45) is 2.29. The topological polar surface area (TPSA) is 33.1 Å². The number of rotatable bonds is 1. The van der Waals surface area contributed by atoms with Crippen LogP contribution in [0.4, 0.5) is 4.39 Å². The van der Waals surface area contributed by atoms with E-state index in [0.717, 1.165) is 40.4 Å². The summed E-state index contributed by atoms with van der Waals surface area (Å²) in [5, 5.41) is 10.7. The Morgan fingerprint density at radius 3 is 3.00 bits per heavy atom. The molecule has 0 saturated heterocycles. The van der Waals surface area contributed by atoms with Crippen LogP contribution in [-0.2, 0) is 6.42 Å². The first kappa shape index (κ1) is 11.8. The molecular formula is C14H14FNOS. The number of thiazole rings is 1. The minimum Gasteiger partial charge on any atom is -0.387 e. The molecule has 1 heterocycles. The number of halogens is 1. The quantitative estimate of drug-likeness (QED) is 0.852. The molecule has 1 unspecified atom stereocenters. The summed E-state index contributed by atoms with van der Waals surface area (Å²) in [6, 6.07) is 5.17. The molecule has 1 N–H and O–H groups in total. The number of hydrogen-bond acceptors (Lipinski definition) is 3. The SMILES string of the molecule is Cc1ccc(-c2nc3c(s2)CCCC3O)cc1F. The molecule has 2 aromatic rings. The van der Waals surface area contributed by atoms with Gasteiger partial charge in [0.25, 0.3) is 0 Å². The Labute approximate surface area is 109 Å². The van der Waals surface area contributed by atoms with Gasteiger partial charge < -0.3 is 5.11 Å². The summed E-state index contributed by atoms with van der Waals surface area (Å²) >= 11 is 1.57. The van der Waals surface area contributed by atoms with Crippen LogP contribution in [0.25, 0.3) is 10.6 Å². The van der Waals surface area contributed by atoms with E-state index in [0.29, 0.717) is 5.56 Å². The van der Waals surface area contributed by atoms with Crippen molar-refractivity contribution in [2.75, 3.05) is 0 Å². The Morgan fingerprint density at radius 2 is 2.28 bits per heavy atom. The molecule has 0 bridgehead atoms. The van der Waals surface area contributed by atoms with E-state index in [1.54, 1.807) is 24.3 Å². The Morgan fingerprint density at radius 1 is 1.44 bits per heavy atom. The van der Waals surface area contributed by atoms with Crippen LogP contribution >= 0.6 is 11.3 Å². The molecule has 0 aliphatic heterocycles. The summed E-state index contributed by atoms with van der Waals surface area (Å²) in [6.45, 7) is 1.75. The average molecular weight is 263 g/mol. The van der Waals surface area contributed by atoms with E-state index in [-0.39, 0.29) is 5.82 Å². The standard InChI is InChI=1S/C14H14FNOS/c1-8-5-6-9(7-10(8)15)14-16-13-11(17)3-2-4-12(13)18-14/h5-7,11,17H,2-4H2,1H3. The monoisotopic (exact) mass is 263 g/mol. The van der Waals surface area contributed by atoms with Crippen LogP contribution in [0.15, 0.2) is 18.2 Å². The fraction of sp³-hybridized carbons (Fsp3) is 0.357. The Hall–Kier alpha value is -1.26. The van der Waals surface area contributed by atoms with E-state index < -0.39 is 6.10 Å². The van der Waals surface area contributed by atoms with Crippen LogP contribution in [-0.4, -0.2) is 10.1 Å². The second-order valence-corrected chi connectivity index (χ2v) is 5.78. The molecule has 94 valence electrons. The molecular weight excluding hydrogens is 249 g/mol. The van der Waals surface area contributed by atoms with E-state index in [2.05, 4.69) is 4.98 Å². The minimum atomic E-state index is -0.450. The van der Waals surface area contributed by atoms with Crippen molar-refractivity contribution in [3.05, 3.63) is 40.2 Å². The Balaban J connectivity index is 2.04. The number of hydrogen-bond donors (Lipinski definition) is 1. The first-order chi connectivity index (χ1) is 8.65. The van der Waals surface area contributed by atoms with Gasteiger partial charge in [-0.15, -0.1) is 11.3 Å². The first-order valence-electron chi connectivity index (χ1n) is 6.09. The highest BCUT2D eigenvalue weighted by molar-refractivity contribution is 7.15. The third kappa shape index (κ3) is 1.95. The van der Waals surface area contributed by atoms with Gasteiger partial charge in [0.2, 0.25) is 0 Å². The molecule has 1 aliphatic rings. The van der Waals surface area contributed by atoms with Crippen molar-refractivity contribution in [2.24, 2.45) is 0 Å². The lowest BCUT2D eigenvalue weighted by Crippen LogP contribution is -2.07. The summed E-state index contributed by atoms with van der Waals surface area (Å²) < 4.78 is 13.6. The first-order valence-corrected chi connectivity index (χ1v) is 6.91. The van der Waals surface area contributed by atoms with Gasteiger partial charge >= 0.3 is 0 Å². The second kappa shape index (κ2) is 4.44. The molecule has 0 amide bonds. The zero-order valence-electron chi connectivity index (χ0n) is 10.1. The molecule has 0 saturated carbocycles. The Bertz CT molecular complexity index is 593. The molecule has 1 atom stereocenters. The van der Waals surface area contributed by atoms with E-state index in [4.69, 9.17) is 0 Å². The number of aliphatic hydroxyl groups is 1. The highest BCUT2D eigenvalue weighted by Gasteiger charge is 2.23. The molecule has 4 heteroatoms. The maximum Gasteiger partial charge on any atom is 0.126 e. The highest BCUT2D eigenvalue weighted by atomic mass is 32.1. The second-order valence-electron chi connectivity index (χ2n) is 4.70. The van der Waals surface area contributed by atoms with Crippen molar-refractivity contribution < 1.29 is 9.50 Å². The zero-order chi connectivity index (χ0) is 12.7. The van der Waals surface area contributed by atoms with Crippen LogP contribution in [0.1, 0.15) is 35.1 Å². The number of benzene rings is 1. The molecule has 1 aromatic carbocycles. The van der Waals surface area contributed by atoms with E-state index in [1.807, 2.05) is 6.07 Å². The van der Waals surface area contributed by atoms with Gasteiger partial charge in [-0.1, -0.05) is 12.1 Å². The molecule has 3 rings (SSSR count). The number of fused-ring (bicyclic) bond motifs is 1. The van der Waals surface area contributed by atoms with Gasteiger partial charge in [-0.25, -0.2) is 9.37 Å². The smallest absolute Gasteiger partial charge is 0.126 e. The zero-order valence-corrected chi connectivity index (χ0v) is 10.9. The number of aryl methyl sites for hydroxylation is 2.